The minimum absolute atomic E-state index is 0.134. The lowest BCUT2D eigenvalue weighted by Gasteiger charge is -2.47. The molecule has 454 valence electrons. The molecule has 11 aromatic carbocycles. The number of ether oxygens (including phenoxy) is 2. The molecule has 0 amide bonds. The highest BCUT2D eigenvalue weighted by Gasteiger charge is 2.52. The van der Waals surface area contributed by atoms with E-state index in [4.69, 9.17) is 9.47 Å². The second kappa shape index (κ2) is 22.3. The number of fused-ring (bicyclic) bond motifs is 10. The van der Waals surface area contributed by atoms with E-state index < -0.39 is 0 Å². The van der Waals surface area contributed by atoms with Crippen LogP contribution in [0.1, 0.15) is 154 Å². The van der Waals surface area contributed by atoms with Crippen molar-refractivity contribution in [2.24, 2.45) is 0 Å². The van der Waals surface area contributed by atoms with Crippen LogP contribution in [0, 0.1) is 0 Å². The van der Waals surface area contributed by atoms with Gasteiger partial charge in [0.2, 0.25) is 0 Å². The van der Waals surface area contributed by atoms with Gasteiger partial charge in [-0.2, -0.15) is 0 Å². The first kappa shape index (κ1) is 59.1. The summed E-state index contributed by atoms with van der Waals surface area (Å²) in [5, 5.41) is 0. The molecule has 15 rings (SSSR count). The van der Waals surface area contributed by atoms with Crippen molar-refractivity contribution in [2.75, 3.05) is 9.80 Å². The van der Waals surface area contributed by atoms with Crippen LogP contribution < -0.4 is 52.1 Å². The number of rotatable bonds is 10. The maximum Gasteiger partial charge on any atom is 0.256 e. The van der Waals surface area contributed by atoms with Crippen molar-refractivity contribution in [1.82, 2.24) is 0 Å². The van der Waals surface area contributed by atoms with Gasteiger partial charge in [0.1, 0.15) is 23.0 Å². The molecule has 0 spiro atoms. The van der Waals surface area contributed by atoms with Crippen molar-refractivity contribution in [3.8, 4) is 67.5 Å². The zero-order chi connectivity index (χ0) is 63.8. The van der Waals surface area contributed by atoms with Crippen molar-refractivity contribution in [3.63, 3.8) is 0 Å². The summed E-state index contributed by atoms with van der Waals surface area (Å²) >= 11 is 0. The molecule has 0 fully saturated rings. The summed E-state index contributed by atoms with van der Waals surface area (Å²) in [7, 11) is 0. The van der Waals surface area contributed by atoms with E-state index in [1.54, 1.807) is 0 Å². The first-order valence-corrected chi connectivity index (χ1v) is 33.5. The minimum Gasteiger partial charge on any atom is -0.456 e. The normalized spacial score (nSPS) is 13.6. The van der Waals surface area contributed by atoms with Crippen LogP contribution in [0.15, 0.2) is 218 Å². The summed E-state index contributed by atoms with van der Waals surface area (Å²) in [4.78, 5) is 5.05. The summed E-state index contributed by atoms with van der Waals surface area (Å²) in [5.74, 6) is 5.18. The second-order valence-corrected chi connectivity index (χ2v) is 29.7. The predicted octanol–water partition coefficient (Wildman–Crippen LogP) is 20.3. The standard InChI is InChI=1S/C86H82B2N2O2/c1-51(2)55-15-23-59(24-16-55)61-31-39-69(40-32-61)89-75-43-35-65(63-27-19-57(20-28-63)53(5)6)47-71(75)87-73-49-67(85(9,10)11)38-46-78(73)92-84-79(87)81(89)83-80-82(84)90(70-41-33-62(34-42-70)60-25-17-56(18-26-60)52(3)4)76-44-36-66(64-29-21-58(22-30-64)54(7)8)48-72(76)88(80)74-50-68(86(12,13)14)37-45-77(74)91-83/h15-54H,1-14H3. The van der Waals surface area contributed by atoms with Gasteiger partial charge in [0.25, 0.3) is 13.4 Å². The maximum absolute atomic E-state index is 7.97. The highest BCUT2D eigenvalue weighted by atomic mass is 16.5. The smallest absolute Gasteiger partial charge is 0.256 e. The topological polar surface area (TPSA) is 24.9 Å². The number of benzene rings is 11. The Labute approximate surface area is 547 Å². The Morgan fingerprint density at radius 3 is 0.848 bits per heavy atom. The Morgan fingerprint density at radius 2 is 0.565 bits per heavy atom. The lowest BCUT2D eigenvalue weighted by molar-refractivity contribution is 0.476. The third kappa shape index (κ3) is 9.99. The van der Waals surface area contributed by atoms with Crippen LogP contribution in [0.2, 0.25) is 0 Å². The average molecular weight is 1200 g/mol. The van der Waals surface area contributed by atoms with Crippen molar-refractivity contribution < 1.29 is 9.47 Å². The lowest BCUT2D eigenvalue weighted by Crippen LogP contribution is -2.64. The zero-order valence-electron chi connectivity index (χ0n) is 56.0. The number of anilines is 6. The lowest BCUT2D eigenvalue weighted by atomic mass is 9.31. The van der Waals surface area contributed by atoms with E-state index in [0.717, 1.165) is 79.0 Å². The number of hydrogen-bond acceptors (Lipinski definition) is 4. The molecular formula is C86H82B2N2O2. The van der Waals surface area contributed by atoms with E-state index in [0.29, 0.717) is 23.7 Å². The molecule has 0 saturated carbocycles. The molecule has 4 nitrogen and oxygen atoms in total. The fourth-order valence-corrected chi connectivity index (χ4v) is 14.7. The predicted molar refractivity (Wildman–Crippen MR) is 394 cm³/mol. The molecule has 6 heteroatoms. The van der Waals surface area contributed by atoms with Crippen molar-refractivity contribution in [3.05, 3.63) is 252 Å². The van der Waals surface area contributed by atoms with Crippen LogP contribution in [-0.4, -0.2) is 13.4 Å². The Bertz CT molecular complexity index is 4380. The number of hydrogen-bond donors (Lipinski definition) is 0. The van der Waals surface area contributed by atoms with Gasteiger partial charge in [-0.05, 0) is 183 Å². The molecular weight excluding hydrogens is 1110 g/mol. The van der Waals surface area contributed by atoms with Crippen LogP contribution in [-0.2, 0) is 10.8 Å². The van der Waals surface area contributed by atoms with E-state index >= 15 is 0 Å². The highest BCUT2D eigenvalue weighted by Crippen LogP contribution is 2.55. The molecule has 0 radical (unpaired) electrons. The van der Waals surface area contributed by atoms with Crippen LogP contribution in [0.4, 0.5) is 34.1 Å². The van der Waals surface area contributed by atoms with E-state index in [1.165, 1.54) is 88.8 Å². The summed E-state index contributed by atoms with van der Waals surface area (Å²) < 4.78 is 15.9. The molecule has 4 aliphatic heterocycles. The quantitative estimate of drug-likeness (QED) is 0.127. The monoisotopic (exact) mass is 1200 g/mol. The van der Waals surface area contributed by atoms with Crippen LogP contribution in [0.5, 0.6) is 23.0 Å². The van der Waals surface area contributed by atoms with E-state index in [2.05, 4.69) is 325 Å². The Balaban J connectivity index is 1.05. The molecule has 4 heterocycles. The van der Waals surface area contributed by atoms with Crippen molar-refractivity contribution >= 4 is 80.3 Å². The van der Waals surface area contributed by atoms with Gasteiger partial charge in [-0.3, -0.25) is 0 Å². The van der Waals surface area contributed by atoms with Gasteiger partial charge in [0.05, 0.1) is 11.4 Å². The minimum atomic E-state index is -0.255. The second-order valence-electron chi connectivity index (χ2n) is 29.7. The molecule has 0 N–H and O–H groups in total. The Morgan fingerprint density at radius 1 is 0.293 bits per heavy atom. The van der Waals surface area contributed by atoms with Crippen LogP contribution in [0.25, 0.3) is 44.5 Å². The van der Waals surface area contributed by atoms with E-state index in [9.17, 15) is 0 Å². The molecule has 4 aliphatic rings. The Hall–Kier alpha value is -9.25. The van der Waals surface area contributed by atoms with Gasteiger partial charge in [-0.1, -0.05) is 267 Å². The van der Waals surface area contributed by atoms with E-state index in [1.807, 2.05) is 0 Å². The molecule has 0 aromatic heterocycles. The van der Waals surface area contributed by atoms with Crippen LogP contribution >= 0.6 is 0 Å². The SMILES string of the molecule is CC(C)c1ccc(-c2ccc(N3c4ccc(-c5ccc(C(C)C)cc5)cc4B4c5cc(C(C)(C)C)ccc5Oc5c4c3c3c4c5N(c5ccc(-c6ccc(C(C)C)cc6)cc5)c5ccc(-c6ccc(C(C)C)cc6)cc5B4c4cc(C(C)(C)C)ccc4O3)cc2)cc1. The summed E-state index contributed by atoms with van der Waals surface area (Å²) in [6.45, 7) is 31.5. The van der Waals surface area contributed by atoms with Gasteiger partial charge in [0.15, 0.2) is 0 Å². The third-order valence-electron chi connectivity index (χ3n) is 20.3. The molecule has 0 bridgehead atoms. The fourth-order valence-electron chi connectivity index (χ4n) is 14.7. The third-order valence-corrected chi connectivity index (χ3v) is 20.3. The summed E-state index contributed by atoms with van der Waals surface area (Å²) in [6, 6.07) is 83.6. The van der Waals surface area contributed by atoms with Gasteiger partial charge < -0.3 is 19.3 Å². The largest absolute Gasteiger partial charge is 0.456 e. The molecule has 0 aliphatic carbocycles. The average Bonchev–Trinajstić information content (AvgIpc) is 0.673. The highest BCUT2D eigenvalue weighted by molar-refractivity contribution is 7.02. The van der Waals surface area contributed by atoms with Crippen molar-refractivity contribution in [2.45, 2.75) is 131 Å². The van der Waals surface area contributed by atoms with E-state index in [-0.39, 0.29) is 24.3 Å². The summed E-state index contributed by atoms with van der Waals surface area (Å²) in [6.07, 6.45) is 0. The first-order chi connectivity index (χ1) is 44.2. The molecule has 0 atom stereocenters. The zero-order valence-corrected chi connectivity index (χ0v) is 56.0. The van der Waals surface area contributed by atoms with Crippen LogP contribution in [0.3, 0.4) is 0 Å². The molecule has 0 saturated heterocycles. The van der Waals surface area contributed by atoms with Gasteiger partial charge in [-0.15, -0.1) is 0 Å². The molecule has 11 aromatic rings. The van der Waals surface area contributed by atoms with Gasteiger partial charge >= 0.3 is 0 Å². The Kier molecular flexibility index (Phi) is 14.3. The number of nitrogens with zero attached hydrogens (tertiary/aromatic N) is 2. The molecule has 0 unspecified atom stereocenters. The maximum atomic E-state index is 7.97. The fraction of sp³-hybridized carbons (Fsp3) is 0.233. The van der Waals surface area contributed by atoms with Gasteiger partial charge in [0, 0.05) is 33.7 Å². The first-order valence-electron chi connectivity index (χ1n) is 33.5. The van der Waals surface area contributed by atoms with Gasteiger partial charge in [-0.25, -0.2) is 0 Å². The molecule has 92 heavy (non-hydrogen) atoms. The summed E-state index contributed by atoms with van der Waals surface area (Å²) in [5.41, 5.74) is 30.3. The van der Waals surface area contributed by atoms with Crippen molar-refractivity contribution in [1.29, 1.82) is 0 Å².